The molecule has 0 bridgehead atoms. The number of hydrogen-bond acceptors (Lipinski definition) is 4. The van der Waals surface area contributed by atoms with Crippen molar-refractivity contribution in [1.29, 1.82) is 0 Å². The van der Waals surface area contributed by atoms with Crippen LogP contribution in [0.15, 0.2) is 35.5 Å². The maximum atomic E-state index is 13.7. The van der Waals surface area contributed by atoms with E-state index in [2.05, 4.69) is 10.4 Å². The van der Waals surface area contributed by atoms with Gasteiger partial charge in [-0.05, 0) is 25.1 Å². The highest BCUT2D eigenvalue weighted by molar-refractivity contribution is 7.90. The molecule has 0 unspecified atom stereocenters. The topological polar surface area (TPSA) is 64.0 Å². The van der Waals surface area contributed by atoms with Gasteiger partial charge in [0.1, 0.15) is 5.82 Å². The van der Waals surface area contributed by atoms with Gasteiger partial charge in [0.25, 0.3) is 0 Å². The second-order valence-electron chi connectivity index (χ2n) is 4.47. The van der Waals surface area contributed by atoms with Crippen LogP contribution in [0.5, 0.6) is 0 Å². The Hall–Kier alpha value is -1.89. The first-order valence-electron chi connectivity index (χ1n) is 6.15. The normalized spacial score (nSPS) is 11.6. The van der Waals surface area contributed by atoms with E-state index in [-0.39, 0.29) is 10.6 Å². The maximum absolute atomic E-state index is 13.7. The number of aryl methyl sites for hydroxylation is 1. The molecular formula is C13H16FN3O2S. The van der Waals surface area contributed by atoms with Crippen molar-refractivity contribution in [2.24, 2.45) is 0 Å². The molecule has 108 valence electrons. The van der Waals surface area contributed by atoms with Crippen LogP contribution in [0.4, 0.5) is 10.1 Å². The van der Waals surface area contributed by atoms with Crippen LogP contribution < -0.4 is 5.32 Å². The summed E-state index contributed by atoms with van der Waals surface area (Å²) >= 11 is 0. The molecule has 1 N–H and O–H groups in total. The van der Waals surface area contributed by atoms with E-state index in [4.69, 9.17) is 0 Å². The Bertz CT molecular complexity index is 710. The fourth-order valence-corrected chi connectivity index (χ4v) is 2.39. The van der Waals surface area contributed by atoms with Gasteiger partial charge in [0.15, 0.2) is 9.84 Å². The summed E-state index contributed by atoms with van der Waals surface area (Å²) in [5, 5.41) is 7.00. The predicted molar refractivity (Wildman–Crippen MR) is 74.7 cm³/mol. The lowest BCUT2D eigenvalue weighted by Crippen LogP contribution is -2.04. The van der Waals surface area contributed by atoms with Crippen molar-refractivity contribution in [3.8, 4) is 0 Å². The van der Waals surface area contributed by atoms with E-state index in [0.29, 0.717) is 6.54 Å². The van der Waals surface area contributed by atoms with Gasteiger partial charge in [0.05, 0.1) is 16.8 Å². The van der Waals surface area contributed by atoms with Gasteiger partial charge in [-0.3, -0.25) is 4.68 Å². The molecule has 0 saturated carbocycles. The van der Waals surface area contributed by atoms with Crippen LogP contribution in [0.1, 0.15) is 12.5 Å². The molecule has 1 heterocycles. The standard InChI is InChI=1S/C13H16FN3O2S/c1-3-17-9-10(8-16-17)7-15-13-6-11(20(2,18)19)4-5-12(13)14/h4-6,8-9,15H,3,7H2,1-2H3. The van der Waals surface area contributed by atoms with Crippen molar-refractivity contribution in [3.05, 3.63) is 42.0 Å². The van der Waals surface area contributed by atoms with Gasteiger partial charge in [0.2, 0.25) is 0 Å². The van der Waals surface area contributed by atoms with Crippen molar-refractivity contribution in [3.63, 3.8) is 0 Å². The zero-order valence-corrected chi connectivity index (χ0v) is 12.1. The van der Waals surface area contributed by atoms with Crippen molar-refractivity contribution < 1.29 is 12.8 Å². The molecule has 20 heavy (non-hydrogen) atoms. The van der Waals surface area contributed by atoms with Crippen LogP contribution >= 0.6 is 0 Å². The molecule has 0 atom stereocenters. The van der Waals surface area contributed by atoms with Crippen molar-refractivity contribution in [2.45, 2.75) is 24.9 Å². The first-order valence-corrected chi connectivity index (χ1v) is 8.04. The molecule has 7 heteroatoms. The van der Waals surface area contributed by atoms with Gasteiger partial charge in [-0.1, -0.05) is 0 Å². The second-order valence-corrected chi connectivity index (χ2v) is 6.49. The largest absolute Gasteiger partial charge is 0.378 e. The molecule has 2 aromatic rings. The smallest absolute Gasteiger partial charge is 0.175 e. The Labute approximate surface area is 117 Å². The highest BCUT2D eigenvalue weighted by Crippen LogP contribution is 2.20. The highest BCUT2D eigenvalue weighted by atomic mass is 32.2. The lowest BCUT2D eigenvalue weighted by molar-refractivity contribution is 0.600. The van der Waals surface area contributed by atoms with Crippen molar-refractivity contribution >= 4 is 15.5 Å². The van der Waals surface area contributed by atoms with Crippen LogP contribution in [0.25, 0.3) is 0 Å². The molecule has 0 aliphatic carbocycles. The van der Waals surface area contributed by atoms with Gasteiger partial charge in [0, 0.05) is 31.1 Å². The summed E-state index contributed by atoms with van der Waals surface area (Å²) < 4.78 is 38.3. The van der Waals surface area contributed by atoms with Gasteiger partial charge in [-0.15, -0.1) is 0 Å². The second kappa shape index (κ2) is 5.62. The van der Waals surface area contributed by atoms with E-state index in [1.807, 2.05) is 13.1 Å². The Morgan fingerprint density at radius 2 is 2.15 bits per heavy atom. The average Bonchev–Trinajstić information content (AvgIpc) is 2.84. The van der Waals surface area contributed by atoms with Crippen LogP contribution in [0.2, 0.25) is 0 Å². The SMILES string of the molecule is CCn1cc(CNc2cc(S(C)(=O)=O)ccc2F)cn1. The van der Waals surface area contributed by atoms with Crippen LogP contribution in [-0.2, 0) is 22.9 Å². The lowest BCUT2D eigenvalue weighted by atomic mass is 10.3. The monoisotopic (exact) mass is 297 g/mol. The average molecular weight is 297 g/mol. The fourth-order valence-electron chi connectivity index (χ4n) is 1.74. The third kappa shape index (κ3) is 3.36. The number of halogens is 1. The summed E-state index contributed by atoms with van der Waals surface area (Å²) in [5.74, 6) is -0.486. The van der Waals surface area contributed by atoms with Gasteiger partial charge in [-0.2, -0.15) is 5.10 Å². The van der Waals surface area contributed by atoms with E-state index in [9.17, 15) is 12.8 Å². The number of rotatable bonds is 5. The highest BCUT2D eigenvalue weighted by Gasteiger charge is 2.11. The molecule has 0 radical (unpaired) electrons. The minimum absolute atomic E-state index is 0.0886. The molecule has 0 fully saturated rings. The molecule has 2 rings (SSSR count). The Balaban J connectivity index is 2.16. The number of anilines is 1. The summed E-state index contributed by atoms with van der Waals surface area (Å²) in [5.41, 5.74) is 1.06. The summed E-state index contributed by atoms with van der Waals surface area (Å²) in [4.78, 5) is 0.0886. The van der Waals surface area contributed by atoms with Crippen LogP contribution in [0, 0.1) is 5.82 Å². The third-order valence-corrected chi connectivity index (χ3v) is 3.97. The number of nitrogens with zero attached hydrogens (tertiary/aromatic N) is 2. The molecule has 0 aliphatic heterocycles. The zero-order valence-electron chi connectivity index (χ0n) is 11.3. The number of sulfone groups is 1. The number of nitrogens with one attached hydrogen (secondary N) is 1. The Morgan fingerprint density at radius 1 is 1.40 bits per heavy atom. The van der Waals surface area contributed by atoms with E-state index < -0.39 is 15.7 Å². The van der Waals surface area contributed by atoms with Crippen molar-refractivity contribution in [2.75, 3.05) is 11.6 Å². The first kappa shape index (κ1) is 14.5. The van der Waals surface area contributed by atoms with Gasteiger partial charge in [-0.25, -0.2) is 12.8 Å². The molecule has 1 aromatic heterocycles. The minimum Gasteiger partial charge on any atom is -0.378 e. The summed E-state index contributed by atoms with van der Waals surface area (Å²) in [6.07, 6.45) is 4.63. The number of aromatic nitrogens is 2. The molecule has 0 amide bonds. The Kier molecular flexibility index (Phi) is 4.08. The summed E-state index contributed by atoms with van der Waals surface area (Å²) in [7, 11) is -3.35. The zero-order chi connectivity index (χ0) is 14.8. The third-order valence-electron chi connectivity index (χ3n) is 2.86. The fraction of sp³-hybridized carbons (Fsp3) is 0.308. The van der Waals surface area contributed by atoms with Gasteiger partial charge < -0.3 is 5.32 Å². The molecule has 1 aromatic carbocycles. The minimum atomic E-state index is -3.35. The van der Waals surface area contributed by atoms with E-state index in [0.717, 1.165) is 24.4 Å². The van der Waals surface area contributed by atoms with E-state index >= 15 is 0 Å². The summed E-state index contributed by atoms with van der Waals surface area (Å²) in [6.45, 7) is 3.11. The molecule has 0 spiro atoms. The van der Waals surface area contributed by atoms with E-state index in [1.54, 1.807) is 10.9 Å². The molecular weight excluding hydrogens is 281 g/mol. The Morgan fingerprint density at radius 3 is 2.75 bits per heavy atom. The number of hydrogen-bond donors (Lipinski definition) is 1. The van der Waals surface area contributed by atoms with Crippen LogP contribution in [-0.4, -0.2) is 24.5 Å². The molecule has 0 saturated heterocycles. The molecule has 5 nitrogen and oxygen atoms in total. The number of benzene rings is 1. The van der Waals surface area contributed by atoms with Gasteiger partial charge >= 0.3 is 0 Å². The molecule has 0 aliphatic rings. The predicted octanol–water partition coefficient (Wildman–Crippen LogP) is 2.06. The van der Waals surface area contributed by atoms with E-state index in [1.165, 1.54) is 12.1 Å². The lowest BCUT2D eigenvalue weighted by Gasteiger charge is -2.08. The van der Waals surface area contributed by atoms with Crippen molar-refractivity contribution in [1.82, 2.24) is 9.78 Å². The summed E-state index contributed by atoms with van der Waals surface area (Å²) in [6, 6.07) is 3.70. The first-order chi connectivity index (χ1) is 9.40. The quantitative estimate of drug-likeness (QED) is 0.858. The van der Waals surface area contributed by atoms with Crippen LogP contribution in [0.3, 0.4) is 0 Å². The maximum Gasteiger partial charge on any atom is 0.175 e.